The zero-order valence-corrected chi connectivity index (χ0v) is 8.37. The van der Waals surface area contributed by atoms with Gasteiger partial charge in [0.2, 0.25) is 0 Å². The number of nitrogens with zero attached hydrogens (tertiary/aromatic N) is 2. The highest BCUT2D eigenvalue weighted by Crippen LogP contribution is 2.28. The molecule has 1 aliphatic carbocycles. The monoisotopic (exact) mass is 181 g/mol. The Morgan fingerprint density at radius 1 is 1.38 bits per heavy atom. The van der Waals surface area contributed by atoms with E-state index in [0.717, 1.165) is 25.0 Å². The molecule has 0 amide bonds. The smallest absolute Gasteiger partial charge is 0.191 e. The van der Waals surface area contributed by atoms with Crippen LogP contribution in [0.2, 0.25) is 0 Å². The van der Waals surface area contributed by atoms with Gasteiger partial charge in [0.15, 0.2) is 5.96 Å². The topological polar surface area (TPSA) is 41.6 Å². The molecule has 2 aliphatic rings. The molecular formula is C10H19N3. The molecule has 0 spiro atoms. The van der Waals surface area contributed by atoms with Crippen molar-refractivity contribution >= 4 is 5.96 Å². The first-order chi connectivity index (χ1) is 6.29. The van der Waals surface area contributed by atoms with Crippen molar-refractivity contribution in [1.82, 2.24) is 4.90 Å². The van der Waals surface area contributed by atoms with Crippen LogP contribution in [0.3, 0.4) is 0 Å². The Bertz CT molecular complexity index is 212. The molecule has 0 bridgehead atoms. The molecule has 1 fully saturated rings. The van der Waals surface area contributed by atoms with Crippen molar-refractivity contribution in [3.63, 3.8) is 0 Å². The van der Waals surface area contributed by atoms with Crippen molar-refractivity contribution in [2.75, 3.05) is 13.1 Å². The summed E-state index contributed by atoms with van der Waals surface area (Å²) in [6, 6.07) is 0.667. The minimum absolute atomic E-state index is 0.667. The highest BCUT2D eigenvalue weighted by atomic mass is 15.3. The lowest BCUT2D eigenvalue weighted by molar-refractivity contribution is 0.190. The summed E-state index contributed by atoms with van der Waals surface area (Å²) < 4.78 is 0. The van der Waals surface area contributed by atoms with Crippen molar-refractivity contribution in [3.05, 3.63) is 0 Å². The van der Waals surface area contributed by atoms with Gasteiger partial charge >= 0.3 is 0 Å². The third-order valence-electron chi connectivity index (χ3n) is 3.38. The Balaban J connectivity index is 2.02. The van der Waals surface area contributed by atoms with E-state index in [-0.39, 0.29) is 0 Å². The van der Waals surface area contributed by atoms with Crippen LogP contribution in [0.5, 0.6) is 0 Å². The number of hydrogen-bond acceptors (Lipinski definition) is 3. The molecule has 2 N–H and O–H groups in total. The van der Waals surface area contributed by atoms with E-state index in [1.54, 1.807) is 0 Å². The van der Waals surface area contributed by atoms with Gasteiger partial charge in [-0.1, -0.05) is 19.8 Å². The van der Waals surface area contributed by atoms with Gasteiger partial charge in [0, 0.05) is 12.6 Å². The fraction of sp³-hybridized carbons (Fsp3) is 0.900. The van der Waals surface area contributed by atoms with Gasteiger partial charge in [0.1, 0.15) is 0 Å². The fourth-order valence-electron chi connectivity index (χ4n) is 2.57. The number of guanidine groups is 1. The Hall–Kier alpha value is -0.730. The van der Waals surface area contributed by atoms with Gasteiger partial charge in [-0.3, -0.25) is 4.99 Å². The first kappa shape index (κ1) is 8.85. The molecule has 0 aromatic carbocycles. The van der Waals surface area contributed by atoms with Crippen LogP contribution >= 0.6 is 0 Å². The summed E-state index contributed by atoms with van der Waals surface area (Å²) in [4.78, 5) is 6.56. The molecule has 1 saturated carbocycles. The van der Waals surface area contributed by atoms with Crippen LogP contribution in [0.4, 0.5) is 0 Å². The van der Waals surface area contributed by atoms with E-state index in [4.69, 9.17) is 5.73 Å². The minimum Gasteiger partial charge on any atom is -0.370 e. The maximum Gasteiger partial charge on any atom is 0.191 e. The van der Waals surface area contributed by atoms with Gasteiger partial charge in [0.05, 0.1) is 6.54 Å². The van der Waals surface area contributed by atoms with Gasteiger partial charge in [-0.25, -0.2) is 0 Å². The molecule has 1 aliphatic heterocycles. The molecule has 0 saturated heterocycles. The summed E-state index contributed by atoms with van der Waals surface area (Å²) in [6.07, 6.45) is 5.41. The fourth-order valence-corrected chi connectivity index (χ4v) is 2.57. The summed E-state index contributed by atoms with van der Waals surface area (Å²) >= 11 is 0. The van der Waals surface area contributed by atoms with E-state index in [2.05, 4.69) is 16.8 Å². The highest BCUT2D eigenvalue weighted by molar-refractivity contribution is 5.79. The number of aliphatic imine (C=N–C) groups is 1. The Kier molecular flexibility index (Phi) is 2.42. The number of hydrogen-bond donors (Lipinski definition) is 1. The standard InChI is InChI=1S/C10H19N3/c1-8-4-2-3-5-9(8)13-7-6-12-10(13)11/h8-9H,2-7H2,1H3,(H2,11,12). The molecule has 1 heterocycles. The molecule has 13 heavy (non-hydrogen) atoms. The molecule has 74 valence electrons. The van der Waals surface area contributed by atoms with Gasteiger partial charge in [-0.15, -0.1) is 0 Å². The molecule has 0 aromatic heterocycles. The zero-order chi connectivity index (χ0) is 9.26. The second-order valence-electron chi connectivity index (χ2n) is 4.26. The summed E-state index contributed by atoms with van der Waals surface area (Å²) in [5.41, 5.74) is 5.85. The van der Waals surface area contributed by atoms with E-state index >= 15 is 0 Å². The van der Waals surface area contributed by atoms with Gasteiger partial charge in [-0.05, 0) is 18.8 Å². The van der Waals surface area contributed by atoms with Crippen molar-refractivity contribution in [3.8, 4) is 0 Å². The average Bonchev–Trinajstić information content (AvgIpc) is 2.52. The van der Waals surface area contributed by atoms with E-state index < -0.39 is 0 Å². The lowest BCUT2D eigenvalue weighted by Gasteiger charge is -2.36. The lowest BCUT2D eigenvalue weighted by atomic mass is 9.85. The van der Waals surface area contributed by atoms with Crippen molar-refractivity contribution in [2.45, 2.75) is 38.6 Å². The molecular weight excluding hydrogens is 162 g/mol. The highest BCUT2D eigenvalue weighted by Gasteiger charge is 2.29. The van der Waals surface area contributed by atoms with E-state index in [0.29, 0.717) is 6.04 Å². The average molecular weight is 181 g/mol. The van der Waals surface area contributed by atoms with Crippen molar-refractivity contribution in [1.29, 1.82) is 0 Å². The molecule has 3 heteroatoms. The normalized spacial score (nSPS) is 34.8. The Morgan fingerprint density at radius 2 is 2.15 bits per heavy atom. The summed E-state index contributed by atoms with van der Waals surface area (Å²) in [7, 11) is 0. The van der Waals surface area contributed by atoms with Crippen LogP contribution in [0.15, 0.2) is 4.99 Å². The number of nitrogens with two attached hydrogens (primary N) is 1. The zero-order valence-electron chi connectivity index (χ0n) is 8.37. The Labute approximate surface area is 80.0 Å². The van der Waals surface area contributed by atoms with Crippen LogP contribution in [0.25, 0.3) is 0 Å². The SMILES string of the molecule is CC1CCCCC1N1CCN=C1N. The first-order valence-corrected chi connectivity index (χ1v) is 5.35. The molecule has 0 aromatic rings. The van der Waals surface area contributed by atoms with Crippen LogP contribution < -0.4 is 5.73 Å². The Morgan fingerprint density at radius 3 is 2.77 bits per heavy atom. The maximum absolute atomic E-state index is 5.85. The van der Waals surface area contributed by atoms with Gasteiger partial charge in [-0.2, -0.15) is 0 Å². The third-order valence-corrected chi connectivity index (χ3v) is 3.38. The van der Waals surface area contributed by atoms with Gasteiger partial charge in [0.25, 0.3) is 0 Å². The summed E-state index contributed by atoms with van der Waals surface area (Å²) in [6.45, 7) is 4.28. The van der Waals surface area contributed by atoms with Gasteiger partial charge < -0.3 is 10.6 Å². The van der Waals surface area contributed by atoms with E-state index in [1.807, 2.05) is 0 Å². The van der Waals surface area contributed by atoms with Crippen LogP contribution in [-0.4, -0.2) is 30.0 Å². The minimum atomic E-state index is 0.667. The van der Waals surface area contributed by atoms with E-state index in [9.17, 15) is 0 Å². The molecule has 2 rings (SSSR count). The van der Waals surface area contributed by atoms with Crippen LogP contribution in [0.1, 0.15) is 32.6 Å². The first-order valence-electron chi connectivity index (χ1n) is 5.35. The maximum atomic E-state index is 5.85. The van der Waals surface area contributed by atoms with Crippen LogP contribution in [0, 0.1) is 5.92 Å². The predicted octanol–water partition coefficient (Wildman–Crippen LogP) is 1.20. The molecule has 0 radical (unpaired) electrons. The van der Waals surface area contributed by atoms with Crippen LogP contribution in [-0.2, 0) is 0 Å². The summed E-state index contributed by atoms with van der Waals surface area (Å²) in [5, 5.41) is 0. The second-order valence-corrected chi connectivity index (χ2v) is 4.26. The molecule has 2 atom stereocenters. The summed E-state index contributed by atoms with van der Waals surface area (Å²) in [5.74, 6) is 1.57. The third kappa shape index (κ3) is 1.64. The number of rotatable bonds is 1. The van der Waals surface area contributed by atoms with Crippen molar-refractivity contribution in [2.24, 2.45) is 16.6 Å². The molecule has 3 nitrogen and oxygen atoms in total. The van der Waals surface area contributed by atoms with E-state index in [1.165, 1.54) is 25.7 Å². The molecule has 2 unspecified atom stereocenters. The largest absolute Gasteiger partial charge is 0.370 e. The second kappa shape index (κ2) is 3.56. The van der Waals surface area contributed by atoms with Crippen molar-refractivity contribution < 1.29 is 0 Å². The predicted molar refractivity (Wildman–Crippen MR) is 54.6 cm³/mol. The lowest BCUT2D eigenvalue weighted by Crippen LogP contribution is -2.46. The quantitative estimate of drug-likeness (QED) is 0.660.